The van der Waals surface area contributed by atoms with Crippen molar-refractivity contribution in [2.45, 2.75) is 60.4 Å². The highest BCUT2D eigenvalue weighted by Crippen LogP contribution is 2.24. The topological polar surface area (TPSA) is 95.8 Å². The van der Waals surface area contributed by atoms with Gasteiger partial charge >= 0.3 is 5.97 Å². The molecule has 0 radical (unpaired) electrons. The van der Waals surface area contributed by atoms with Crippen LogP contribution < -0.4 is 10.6 Å². The molecule has 1 heterocycles. The lowest BCUT2D eigenvalue weighted by atomic mass is 9.94. The Labute approximate surface area is 196 Å². The summed E-state index contributed by atoms with van der Waals surface area (Å²) < 4.78 is 5.10. The number of nitrogens with zero attached hydrogens (tertiary/aromatic N) is 2. The fourth-order valence-corrected chi connectivity index (χ4v) is 3.89. The summed E-state index contributed by atoms with van der Waals surface area (Å²) in [5.41, 5.74) is 0.689. The highest BCUT2D eigenvalue weighted by atomic mass is 127. The summed E-state index contributed by atoms with van der Waals surface area (Å²) in [6.07, 6.45) is 1.79. The van der Waals surface area contributed by atoms with E-state index in [1.165, 1.54) is 11.3 Å². The van der Waals surface area contributed by atoms with Crippen molar-refractivity contribution in [1.29, 1.82) is 0 Å². The van der Waals surface area contributed by atoms with Gasteiger partial charge in [-0.1, -0.05) is 13.8 Å². The number of aliphatic hydroxyl groups excluding tert-OH is 1. The summed E-state index contributed by atoms with van der Waals surface area (Å²) in [4.78, 5) is 21.8. The van der Waals surface area contributed by atoms with Crippen LogP contribution in [0.3, 0.4) is 0 Å². The molecular weight excluding hydrogens is 503 g/mol. The number of hydrogen-bond donors (Lipinski definition) is 3. The molecule has 0 spiro atoms. The van der Waals surface area contributed by atoms with Gasteiger partial charge in [-0.3, -0.25) is 4.99 Å². The molecule has 0 aliphatic heterocycles. The Morgan fingerprint density at radius 1 is 1.31 bits per heavy atom. The molecule has 0 aliphatic carbocycles. The third-order valence-corrected chi connectivity index (χ3v) is 5.51. The smallest absolute Gasteiger partial charge is 0.350 e. The monoisotopic (exact) mass is 540 g/mol. The van der Waals surface area contributed by atoms with E-state index in [1.54, 1.807) is 6.92 Å². The van der Waals surface area contributed by atoms with Crippen LogP contribution in [-0.4, -0.2) is 48.3 Å². The van der Waals surface area contributed by atoms with Crippen molar-refractivity contribution in [3.05, 3.63) is 15.6 Å². The van der Waals surface area contributed by atoms with Crippen LogP contribution in [0.15, 0.2) is 4.99 Å². The van der Waals surface area contributed by atoms with Gasteiger partial charge in [-0.05, 0) is 52.4 Å². The zero-order chi connectivity index (χ0) is 21.1. The SMILES string of the molecule is CCNC(=NCC(CCO)CC(C)C)NC(C)c1nc(C)c(C(=O)OCC)s1.I. The number of hydrogen-bond acceptors (Lipinski definition) is 6. The summed E-state index contributed by atoms with van der Waals surface area (Å²) in [6, 6.07) is -0.0916. The Morgan fingerprint density at radius 3 is 2.55 bits per heavy atom. The number of aromatic nitrogens is 1. The second kappa shape index (κ2) is 15.0. The molecule has 0 bridgehead atoms. The van der Waals surface area contributed by atoms with Crippen molar-refractivity contribution < 1.29 is 14.6 Å². The lowest BCUT2D eigenvalue weighted by molar-refractivity contribution is 0.0531. The van der Waals surface area contributed by atoms with Crippen LogP contribution in [-0.2, 0) is 4.74 Å². The molecule has 3 N–H and O–H groups in total. The minimum atomic E-state index is -0.322. The van der Waals surface area contributed by atoms with E-state index >= 15 is 0 Å². The number of carbonyl (C=O) groups is 1. The number of aliphatic imine (C=N–C) groups is 1. The Kier molecular flexibility index (Phi) is 14.5. The Hall–Kier alpha value is -0.940. The number of halogens is 1. The van der Waals surface area contributed by atoms with E-state index in [0.717, 1.165) is 24.4 Å². The van der Waals surface area contributed by atoms with Gasteiger partial charge in [0.1, 0.15) is 9.88 Å². The van der Waals surface area contributed by atoms with E-state index in [-0.39, 0.29) is 42.6 Å². The second-order valence-corrected chi connectivity index (χ2v) is 8.31. The van der Waals surface area contributed by atoms with Gasteiger partial charge < -0.3 is 20.5 Å². The molecule has 0 saturated heterocycles. The molecule has 1 aromatic heterocycles. The fraction of sp³-hybridized carbons (Fsp3) is 0.750. The first-order valence-corrected chi connectivity index (χ1v) is 10.9. The molecule has 0 saturated carbocycles. The maximum absolute atomic E-state index is 12.0. The zero-order valence-corrected chi connectivity index (χ0v) is 21.6. The minimum absolute atomic E-state index is 0. The van der Waals surface area contributed by atoms with Crippen molar-refractivity contribution in [2.75, 3.05) is 26.3 Å². The van der Waals surface area contributed by atoms with Crippen LogP contribution in [0.1, 0.15) is 73.9 Å². The predicted octanol–water partition coefficient (Wildman–Crippen LogP) is 3.91. The standard InChI is InChI=1S/C20H36N4O3S.HI/c1-7-21-20(22-12-16(9-10-25)11-13(3)4)24-15(6)18-23-14(5)17(28-18)19(26)27-8-2;/h13,15-16,25H,7-12H2,1-6H3,(H2,21,22,24);1H. The quantitative estimate of drug-likeness (QED) is 0.171. The largest absolute Gasteiger partial charge is 0.462 e. The lowest BCUT2D eigenvalue weighted by Gasteiger charge is -2.19. The maximum Gasteiger partial charge on any atom is 0.350 e. The van der Waals surface area contributed by atoms with Crippen molar-refractivity contribution in [3.8, 4) is 0 Å². The summed E-state index contributed by atoms with van der Waals surface area (Å²) in [7, 11) is 0. The van der Waals surface area contributed by atoms with Gasteiger partial charge in [0, 0.05) is 19.7 Å². The minimum Gasteiger partial charge on any atom is -0.462 e. The van der Waals surface area contributed by atoms with Gasteiger partial charge in [-0.2, -0.15) is 0 Å². The van der Waals surface area contributed by atoms with Crippen molar-refractivity contribution >= 4 is 47.2 Å². The van der Waals surface area contributed by atoms with Gasteiger partial charge in [0.25, 0.3) is 0 Å². The molecule has 29 heavy (non-hydrogen) atoms. The number of rotatable bonds is 11. The molecule has 1 aromatic rings. The Bertz CT molecular complexity index is 637. The van der Waals surface area contributed by atoms with Gasteiger partial charge in [0.15, 0.2) is 5.96 Å². The van der Waals surface area contributed by atoms with E-state index in [0.29, 0.717) is 41.5 Å². The molecule has 7 nitrogen and oxygen atoms in total. The maximum atomic E-state index is 12.0. The summed E-state index contributed by atoms with van der Waals surface area (Å²) >= 11 is 1.35. The van der Waals surface area contributed by atoms with Gasteiger partial charge in [0.05, 0.1) is 18.3 Å². The number of thiazole rings is 1. The number of carbonyl (C=O) groups excluding carboxylic acids is 1. The first kappa shape index (κ1) is 28.1. The average Bonchev–Trinajstić information content (AvgIpc) is 3.01. The van der Waals surface area contributed by atoms with Crippen molar-refractivity contribution in [2.24, 2.45) is 16.8 Å². The summed E-state index contributed by atoms with van der Waals surface area (Å²) in [5.74, 6) is 1.32. The predicted molar refractivity (Wildman–Crippen MR) is 130 cm³/mol. The van der Waals surface area contributed by atoms with E-state index in [9.17, 15) is 9.90 Å². The average molecular weight is 541 g/mol. The number of aryl methyl sites for hydroxylation is 1. The molecular formula is C20H37IN4O3S. The second-order valence-electron chi connectivity index (χ2n) is 7.28. The van der Waals surface area contributed by atoms with Crippen LogP contribution in [0.2, 0.25) is 0 Å². The van der Waals surface area contributed by atoms with Crippen LogP contribution in [0.5, 0.6) is 0 Å². The van der Waals surface area contributed by atoms with Crippen molar-refractivity contribution in [1.82, 2.24) is 15.6 Å². The van der Waals surface area contributed by atoms with E-state index < -0.39 is 0 Å². The van der Waals surface area contributed by atoms with E-state index in [4.69, 9.17) is 9.73 Å². The Morgan fingerprint density at radius 2 is 2.00 bits per heavy atom. The van der Waals surface area contributed by atoms with Gasteiger partial charge in [0.2, 0.25) is 0 Å². The first-order chi connectivity index (χ1) is 13.3. The van der Waals surface area contributed by atoms with Crippen LogP contribution in [0, 0.1) is 18.8 Å². The number of ether oxygens (including phenoxy) is 1. The van der Waals surface area contributed by atoms with Crippen molar-refractivity contribution in [3.63, 3.8) is 0 Å². The summed E-state index contributed by atoms with van der Waals surface area (Å²) in [6.45, 7) is 13.9. The molecule has 0 aromatic carbocycles. The number of aliphatic hydroxyl groups is 1. The Balaban J connectivity index is 0.00000784. The fourth-order valence-electron chi connectivity index (χ4n) is 2.93. The third-order valence-electron chi connectivity index (χ3n) is 4.19. The normalized spacial score (nSPS) is 13.6. The number of guanidine groups is 1. The molecule has 0 amide bonds. The van der Waals surface area contributed by atoms with Crippen LogP contribution in [0.25, 0.3) is 0 Å². The molecule has 168 valence electrons. The van der Waals surface area contributed by atoms with Gasteiger partial charge in [-0.25, -0.2) is 9.78 Å². The zero-order valence-electron chi connectivity index (χ0n) is 18.4. The molecule has 2 atom stereocenters. The molecule has 9 heteroatoms. The highest BCUT2D eigenvalue weighted by molar-refractivity contribution is 14.0. The first-order valence-electron chi connectivity index (χ1n) is 10.1. The lowest BCUT2D eigenvalue weighted by Crippen LogP contribution is -2.39. The molecule has 1 rings (SSSR count). The highest BCUT2D eigenvalue weighted by Gasteiger charge is 2.20. The number of esters is 1. The molecule has 0 aliphatic rings. The summed E-state index contributed by atoms with van der Waals surface area (Å²) in [5, 5.41) is 16.7. The van der Waals surface area contributed by atoms with E-state index in [2.05, 4.69) is 29.5 Å². The third kappa shape index (κ3) is 10.1. The number of nitrogens with one attached hydrogen (secondary N) is 2. The van der Waals surface area contributed by atoms with E-state index in [1.807, 2.05) is 20.8 Å². The van der Waals surface area contributed by atoms with Crippen LogP contribution >= 0.6 is 35.3 Å². The molecule has 0 fully saturated rings. The van der Waals surface area contributed by atoms with Gasteiger partial charge in [-0.15, -0.1) is 35.3 Å². The van der Waals surface area contributed by atoms with Crippen LogP contribution in [0.4, 0.5) is 0 Å². The molecule has 2 unspecified atom stereocenters.